The Morgan fingerprint density at radius 1 is 0.432 bits per heavy atom. The molecule has 5 rings (SSSR count). The first-order valence-electron chi connectivity index (χ1n) is 11.7. The lowest BCUT2D eigenvalue weighted by Crippen LogP contribution is -2.15. The summed E-state index contributed by atoms with van der Waals surface area (Å²) in [7, 11) is -0.738. The van der Waals surface area contributed by atoms with E-state index in [0.29, 0.717) is 22.6 Å². The van der Waals surface area contributed by atoms with Crippen LogP contribution in [0.1, 0.15) is 20.7 Å². The van der Waals surface area contributed by atoms with Crippen LogP contribution in [0.25, 0.3) is 0 Å². The minimum atomic E-state index is -0.738. The van der Waals surface area contributed by atoms with Gasteiger partial charge in [-0.05, 0) is 60.7 Å². The summed E-state index contributed by atoms with van der Waals surface area (Å²) in [5, 5.41) is 0. The molecule has 0 unspecified atom stereocenters. The fourth-order valence-corrected chi connectivity index (χ4v) is 6.03. The zero-order valence-corrected chi connectivity index (χ0v) is 20.6. The molecule has 0 N–H and O–H groups in total. The molecule has 0 bridgehead atoms. The van der Waals surface area contributed by atoms with Gasteiger partial charge >= 0.3 is 11.9 Å². The Labute approximate surface area is 218 Å². The molecule has 0 aliphatic rings. The molecule has 0 saturated heterocycles. The molecule has 180 valence electrons. The molecule has 0 radical (unpaired) electrons. The van der Waals surface area contributed by atoms with Crippen LogP contribution in [0.5, 0.6) is 11.5 Å². The largest absolute Gasteiger partial charge is 0.418 e. The van der Waals surface area contributed by atoms with Crippen LogP contribution in [0, 0.1) is 0 Å². The molecule has 0 amide bonds. The summed E-state index contributed by atoms with van der Waals surface area (Å²) in [6.45, 7) is 0. The average molecular weight is 504 g/mol. The molecule has 0 heterocycles. The topological polar surface area (TPSA) is 52.6 Å². The van der Waals surface area contributed by atoms with E-state index in [1.165, 1.54) is 0 Å². The number of esters is 2. The first-order valence-corrected chi connectivity index (χ1v) is 12.9. The SMILES string of the molecule is O=C(Oc1ccccc1[S+](c1ccccc1)c1ccccc1OC(=O)c1ccccc1)c1ccccc1. The van der Waals surface area contributed by atoms with Crippen molar-refractivity contribution in [3.8, 4) is 11.5 Å². The molecule has 0 aliphatic carbocycles. The van der Waals surface area contributed by atoms with Gasteiger partial charge in [-0.15, -0.1) is 0 Å². The molecule has 0 saturated carbocycles. The van der Waals surface area contributed by atoms with Crippen LogP contribution in [-0.4, -0.2) is 11.9 Å². The number of carbonyl (C=O) groups excluding carboxylic acids is 2. The van der Waals surface area contributed by atoms with Gasteiger partial charge in [-0.1, -0.05) is 78.9 Å². The van der Waals surface area contributed by atoms with Gasteiger partial charge in [0.25, 0.3) is 0 Å². The third-order valence-corrected chi connectivity index (χ3v) is 7.84. The molecule has 37 heavy (non-hydrogen) atoms. The molecule has 4 nitrogen and oxygen atoms in total. The highest BCUT2D eigenvalue weighted by Crippen LogP contribution is 2.40. The zero-order chi connectivity index (χ0) is 25.5. The van der Waals surface area contributed by atoms with Crippen molar-refractivity contribution in [1.82, 2.24) is 0 Å². The standard InChI is InChI=1S/C32H23O4S/c33-31(24-14-4-1-5-15-24)35-27-20-10-12-22-29(27)37(26-18-8-3-9-19-26)30-23-13-11-21-28(30)36-32(34)25-16-6-2-7-17-25/h1-23H/q+1. The van der Waals surface area contributed by atoms with Gasteiger partial charge in [0.2, 0.25) is 9.79 Å². The van der Waals surface area contributed by atoms with Crippen LogP contribution in [0.3, 0.4) is 0 Å². The third-order valence-electron chi connectivity index (χ3n) is 5.54. The maximum Gasteiger partial charge on any atom is 0.343 e. The molecule has 0 atom stereocenters. The molecule has 5 heteroatoms. The molecule has 0 spiro atoms. The zero-order valence-electron chi connectivity index (χ0n) is 19.8. The Morgan fingerprint density at radius 2 is 0.784 bits per heavy atom. The number of para-hydroxylation sites is 2. The second-order valence-corrected chi connectivity index (χ2v) is 9.99. The quantitative estimate of drug-likeness (QED) is 0.134. The first kappa shape index (κ1) is 24.1. The van der Waals surface area contributed by atoms with Gasteiger partial charge in [0, 0.05) is 0 Å². The Balaban J connectivity index is 1.58. The van der Waals surface area contributed by atoms with Gasteiger partial charge < -0.3 is 9.47 Å². The van der Waals surface area contributed by atoms with E-state index >= 15 is 0 Å². The van der Waals surface area contributed by atoms with Crippen molar-refractivity contribution >= 4 is 22.8 Å². The van der Waals surface area contributed by atoms with Crippen LogP contribution >= 0.6 is 0 Å². The number of benzene rings is 5. The van der Waals surface area contributed by atoms with E-state index in [0.717, 1.165) is 14.7 Å². The van der Waals surface area contributed by atoms with Gasteiger partial charge in [-0.2, -0.15) is 0 Å². The Kier molecular flexibility index (Phi) is 7.44. The Bertz CT molecular complexity index is 1410. The van der Waals surface area contributed by atoms with E-state index in [9.17, 15) is 9.59 Å². The summed E-state index contributed by atoms with van der Waals surface area (Å²) in [4.78, 5) is 28.5. The molecule has 5 aromatic carbocycles. The van der Waals surface area contributed by atoms with Crippen LogP contribution in [0.4, 0.5) is 0 Å². The Morgan fingerprint density at radius 3 is 1.22 bits per heavy atom. The van der Waals surface area contributed by atoms with E-state index in [2.05, 4.69) is 0 Å². The van der Waals surface area contributed by atoms with Crippen molar-refractivity contribution in [3.63, 3.8) is 0 Å². The van der Waals surface area contributed by atoms with Crippen molar-refractivity contribution in [2.75, 3.05) is 0 Å². The smallest absolute Gasteiger partial charge is 0.343 e. The van der Waals surface area contributed by atoms with E-state index in [1.54, 1.807) is 60.7 Å². The summed E-state index contributed by atoms with van der Waals surface area (Å²) in [5.74, 6) is 0.0300. The summed E-state index contributed by atoms with van der Waals surface area (Å²) in [5.41, 5.74) is 0.933. The molecule has 0 fully saturated rings. The maximum atomic E-state index is 12.9. The number of carbonyl (C=O) groups is 2. The van der Waals surface area contributed by atoms with E-state index in [1.807, 2.05) is 78.9 Å². The fourth-order valence-electron chi connectivity index (χ4n) is 3.80. The highest BCUT2D eigenvalue weighted by molar-refractivity contribution is 7.97. The highest BCUT2D eigenvalue weighted by atomic mass is 32.2. The van der Waals surface area contributed by atoms with Crippen molar-refractivity contribution in [2.24, 2.45) is 0 Å². The van der Waals surface area contributed by atoms with Crippen LogP contribution < -0.4 is 9.47 Å². The third kappa shape index (κ3) is 5.63. The van der Waals surface area contributed by atoms with Gasteiger partial charge in [-0.25, -0.2) is 9.59 Å². The van der Waals surface area contributed by atoms with Gasteiger partial charge in [-0.3, -0.25) is 0 Å². The molecule has 0 aliphatic heterocycles. The van der Waals surface area contributed by atoms with Gasteiger partial charge in [0.1, 0.15) is 10.9 Å². The lowest BCUT2D eigenvalue weighted by Gasteiger charge is -2.14. The van der Waals surface area contributed by atoms with Crippen molar-refractivity contribution < 1.29 is 19.1 Å². The predicted molar refractivity (Wildman–Crippen MR) is 144 cm³/mol. The second-order valence-electron chi connectivity index (χ2n) is 8.02. The minimum Gasteiger partial charge on any atom is -0.418 e. The monoisotopic (exact) mass is 503 g/mol. The molecule has 5 aromatic rings. The van der Waals surface area contributed by atoms with Crippen LogP contribution in [-0.2, 0) is 10.9 Å². The normalized spacial score (nSPS) is 10.6. The van der Waals surface area contributed by atoms with E-state index < -0.39 is 22.8 Å². The minimum absolute atomic E-state index is 0.437. The Hall–Kier alpha value is -4.61. The van der Waals surface area contributed by atoms with Crippen molar-refractivity contribution in [2.45, 2.75) is 14.7 Å². The lowest BCUT2D eigenvalue weighted by molar-refractivity contribution is 0.0721. The summed E-state index contributed by atoms with van der Waals surface area (Å²) < 4.78 is 11.8. The summed E-state index contributed by atoms with van der Waals surface area (Å²) >= 11 is 0. The van der Waals surface area contributed by atoms with Crippen LogP contribution in [0.15, 0.2) is 154 Å². The fraction of sp³-hybridized carbons (Fsp3) is 0. The molecular weight excluding hydrogens is 480 g/mol. The van der Waals surface area contributed by atoms with Crippen molar-refractivity contribution in [1.29, 1.82) is 0 Å². The lowest BCUT2D eigenvalue weighted by atomic mass is 10.2. The molecular formula is C32H23O4S+. The average Bonchev–Trinajstić information content (AvgIpc) is 2.96. The summed E-state index contributed by atoms with van der Waals surface area (Å²) in [6, 6.07) is 42.7. The maximum absolute atomic E-state index is 12.9. The number of hydrogen-bond acceptors (Lipinski definition) is 4. The summed E-state index contributed by atoms with van der Waals surface area (Å²) in [6.07, 6.45) is 0. The van der Waals surface area contributed by atoms with Gasteiger partial charge in [0.05, 0.1) is 11.1 Å². The predicted octanol–water partition coefficient (Wildman–Crippen LogP) is 7.22. The van der Waals surface area contributed by atoms with Gasteiger partial charge in [0.15, 0.2) is 16.4 Å². The van der Waals surface area contributed by atoms with E-state index in [4.69, 9.17) is 9.47 Å². The van der Waals surface area contributed by atoms with Crippen LogP contribution in [0.2, 0.25) is 0 Å². The first-order chi connectivity index (χ1) is 18.2. The second kappa shape index (κ2) is 11.4. The highest BCUT2D eigenvalue weighted by Gasteiger charge is 2.36. The number of ether oxygens (including phenoxy) is 2. The van der Waals surface area contributed by atoms with E-state index in [-0.39, 0.29) is 0 Å². The number of hydrogen-bond donors (Lipinski definition) is 0. The molecule has 0 aromatic heterocycles. The number of rotatable bonds is 7. The van der Waals surface area contributed by atoms with Crippen molar-refractivity contribution in [3.05, 3.63) is 151 Å².